The lowest BCUT2D eigenvalue weighted by Gasteiger charge is -2.28. The van der Waals surface area contributed by atoms with Crippen LogP contribution in [0.3, 0.4) is 0 Å². The Kier molecular flexibility index (Phi) is 8.80. The number of rotatable bonds is 11. The lowest BCUT2D eigenvalue weighted by Crippen LogP contribution is -2.50. The standard InChI is InChI=1S/C22H27N3O6/c1-4-23-22(27)16(2)24(13-12-17-8-6-5-7-9-17)21(26)15-31-18-10-11-19(25(28)29)20(14-18)30-3/h5-11,14,16H,4,12-13,15H2,1-3H3,(H,23,27)/t16-/m1/s1. The maximum Gasteiger partial charge on any atom is 0.311 e. The molecule has 0 heterocycles. The Hall–Kier alpha value is -3.62. The van der Waals surface area contributed by atoms with Gasteiger partial charge in [-0.3, -0.25) is 19.7 Å². The molecule has 166 valence electrons. The van der Waals surface area contributed by atoms with Gasteiger partial charge in [0, 0.05) is 25.2 Å². The highest BCUT2D eigenvalue weighted by Crippen LogP contribution is 2.30. The molecule has 31 heavy (non-hydrogen) atoms. The van der Waals surface area contributed by atoms with E-state index in [2.05, 4.69) is 5.32 Å². The Morgan fingerprint density at radius 1 is 1.19 bits per heavy atom. The highest BCUT2D eigenvalue weighted by molar-refractivity contribution is 5.87. The summed E-state index contributed by atoms with van der Waals surface area (Å²) in [5.41, 5.74) is 0.847. The summed E-state index contributed by atoms with van der Waals surface area (Å²) < 4.78 is 10.6. The van der Waals surface area contributed by atoms with Gasteiger partial charge >= 0.3 is 5.69 Å². The third-order valence-electron chi connectivity index (χ3n) is 4.71. The van der Waals surface area contributed by atoms with Gasteiger partial charge in [-0.05, 0) is 31.9 Å². The zero-order valence-corrected chi connectivity index (χ0v) is 17.9. The molecule has 2 rings (SSSR count). The number of nitrogens with one attached hydrogen (secondary N) is 1. The summed E-state index contributed by atoms with van der Waals surface area (Å²) in [4.78, 5) is 37.2. The Balaban J connectivity index is 2.10. The predicted octanol–water partition coefficient (Wildman–Crippen LogP) is 2.58. The monoisotopic (exact) mass is 429 g/mol. The zero-order valence-electron chi connectivity index (χ0n) is 17.9. The minimum Gasteiger partial charge on any atom is -0.490 e. The van der Waals surface area contributed by atoms with Crippen LogP contribution in [0, 0.1) is 10.1 Å². The molecular formula is C22H27N3O6. The van der Waals surface area contributed by atoms with E-state index in [1.807, 2.05) is 37.3 Å². The van der Waals surface area contributed by atoms with Crippen molar-refractivity contribution in [3.63, 3.8) is 0 Å². The number of nitro benzene ring substituents is 1. The molecule has 0 aliphatic rings. The average Bonchev–Trinajstić information content (AvgIpc) is 2.78. The number of benzene rings is 2. The number of hydrogen-bond acceptors (Lipinski definition) is 6. The quantitative estimate of drug-likeness (QED) is 0.434. The van der Waals surface area contributed by atoms with E-state index in [0.717, 1.165) is 5.56 Å². The van der Waals surface area contributed by atoms with Crippen LogP contribution in [0.15, 0.2) is 48.5 Å². The maximum absolute atomic E-state index is 12.9. The van der Waals surface area contributed by atoms with Crippen LogP contribution in [0.1, 0.15) is 19.4 Å². The number of nitrogens with zero attached hydrogens (tertiary/aromatic N) is 2. The van der Waals surface area contributed by atoms with Gasteiger partial charge in [-0.1, -0.05) is 30.3 Å². The van der Waals surface area contributed by atoms with E-state index in [1.165, 1.54) is 30.2 Å². The van der Waals surface area contributed by atoms with Crippen molar-refractivity contribution in [2.45, 2.75) is 26.3 Å². The lowest BCUT2D eigenvalue weighted by molar-refractivity contribution is -0.385. The van der Waals surface area contributed by atoms with Crippen molar-refractivity contribution >= 4 is 17.5 Å². The molecule has 2 aromatic carbocycles. The van der Waals surface area contributed by atoms with Gasteiger partial charge in [-0.15, -0.1) is 0 Å². The van der Waals surface area contributed by atoms with Crippen LogP contribution in [0.2, 0.25) is 0 Å². The van der Waals surface area contributed by atoms with Crippen LogP contribution < -0.4 is 14.8 Å². The molecule has 0 fully saturated rings. The second-order valence-corrected chi connectivity index (χ2v) is 6.77. The fraction of sp³-hybridized carbons (Fsp3) is 0.364. The second-order valence-electron chi connectivity index (χ2n) is 6.77. The molecule has 0 aliphatic carbocycles. The van der Waals surface area contributed by atoms with E-state index in [0.29, 0.717) is 19.5 Å². The van der Waals surface area contributed by atoms with Crippen LogP contribution in [0.5, 0.6) is 11.5 Å². The first kappa shape index (κ1) is 23.7. The molecule has 0 spiro atoms. The summed E-state index contributed by atoms with van der Waals surface area (Å²) in [6.07, 6.45) is 0.585. The number of carbonyl (C=O) groups excluding carboxylic acids is 2. The van der Waals surface area contributed by atoms with Crippen LogP contribution in [0.25, 0.3) is 0 Å². The van der Waals surface area contributed by atoms with Gasteiger partial charge in [-0.25, -0.2) is 0 Å². The van der Waals surface area contributed by atoms with E-state index in [1.54, 1.807) is 6.92 Å². The molecule has 9 nitrogen and oxygen atoms in total. The van der Waals surface area contributed by atoms with Crippen molar-refractivity contribution in [3.05, 3.63) is 64.2 Å². The van der Waals surface area contributed by atoms with E-state index in [-0.39, 0.29) is 35.6 Å². The van der Waals surface area contributed by atoms with Crippen molar-refractivity contribution in [1.29, 1.82) is 0 Å². The van der Waals surface area contributed by atoms with Crippen molar-refractivity contribution in [3.8, 4) is 11.5 Å². The number of carbonyl (C=O) groups is 2. The number of methoxy groups -OCH3 is 1. The number of hydrogen-bond donors (Lipinski definition) is 1. The molecule has 0 saturated heterocycles. The zero-order chi connectivity index (χ0) is 22.8. The fourth-order valence-corrected chi connectivity index (χ4v) is 3.02. The molecule has 0 unspecified atom stereocenters. The average molecular weight is 429 g/mol. The molecule has 9 heteroatoms. The maximum atomic E-state index is 12.9. The molecule has 0 aromatic heterocycles. The number of likely N-dealkylation sites (N-methyl/N-ethyl adjacent to an activating group) is 1. The van der Waals surface area contributed by atoms with Crippen molar-refractivity contribution in [2.75, 3.05) is 26.8 Å². The smallest absolute Gasteiger partial charge is 0.311 e. The molecule has 2 amide bonds. The molecule has 1 N–H and O–H groups in total. The molecular weight excluding hydrogens is 402 g/mol. The summed E-state index contributed by atoms with van der Waals surface area (Å²) in [7, 11) is 1.32. The summed E-state index contributed by atoms with van der Waals surface area (Å²) >= 11 is 0. The lowest BCUT2D eigenvalue weighted by atomic mass is 10.1. The van der Waals surface area contributed by atoms with Gasteiger partial charge in [0.2, 0.25) is 11.7 Å². The Morgan fingerprint density at radius 2 is 1.90 bits per heavy atom. The third kappa shape index (κ3) is 6.70. The summed E-state index contributed by atoms with van der Waals surface area (Å²) in [6, 6.07) is 13.0. The molecule has 0 saturated carbocycles. The highest BCUT2D eigenvalue weighted by Gasteiger charge is 2.26. The first-order valence-corrected chi connectivity index (χ1v) is 9.93. The first-order valence-electron chi connectivity index (χ1n) is 9.93. The largest absolute Gasteiger partial charge is 0.490 e. The van der Waals surface area contributed by atoms with Gasteiger partial charge in [0.1, 0.15) is 11.8 Å². The van der Waals surface area contributed by atoms with E-state index in [9.17, 15) is 19.7 Å². The third-order valence-corrected chi connectivity index (χ3v) is 4.71. The Bertz CT molecular complexity index is 903. The number of ether oxygens (including phenoxy) is 2. The van der Waals surface area contributed by atoms with Gasteiger partial charge in [-0.2, -0.15) is 0 Å². The molecule has 1 atom stereocenters. The van der Waals surface area contributed by atoms with E-state index in [4.69, 9.17) is 9.47 Å². The Morgan fingerprint density at radius 3 is 2.52 bits per heavy atom. The van der Waals surface area contributed by atoms with E-state index >= 15 is 0 Å². The first-order chi connectivity index (χ1) is 14.9. The number of nitro groups is 1. The molecule has 2 aromatic rings. The minimum atomic E-state index is -0.675. The van der Waals surface area contributed by atoms with Gasteiger partial charge < -0.3 is 19.7 Å². The summed E-state index contributed by atoms with van der Waals surface area (Å²) in [5.74, 6) is -0.330. The van der Waals surface area contributed by atoms with Gasteiger partial charge in [0.05, 0.1) is 12.0 Å². The Labute approximate surface area is 181 Å². The van der Waals surface area contributed by atoms with Crippen LogP contribution in [-0.4, -0.2) is 54.5 Å². The topological polar surface area (TPSA) is 111 Å². The molecule has 0 bridgehead atoms. The number of amides is 2. The SMILES string of the molecule is CCNC(=O)[C@@H](C)N(CCc1ccccc1)C(=O)COc1ccc([N+](=O)[O-])c(OC)c1. The van der Waals surface area contributed by atoms with Gasteiger partial charge in [0.15, 0.2) is 6.61 Å². The molecule has 0 aliphatic heterocycles. The van der Waals surface area contributed by atoms with Crippen molar-refractivity contribution < 1.29 is 24.0 Å². The predicted molar refractivity (Wildman–Crippen MR) is 115 cm³/mol. The minimum absolute atomic E-state index is 0.0339. The summed E-state index contributed by atoms with van der Waals surface area (Å²) in [5, 5.41) is 13.7. The van der Waals surface area contributed by atoms with Crippen LogP contribution in [-0.2, 0) is 16.0 Å². The van der Waals surface area contributed by atoms with Gasteiger partial charge in [0.25, 0.3) is 5.91 Å². The molecule has 0 radical (unpaired) electrons. The van der Waals surface area contributed by atoms with Crippen LogP contribution >= 0.6 is 0 Å². The van der Waals surface area contributed by atoms with Crippen molar-refractivity contribution in [1.82, 2.24) is 10.2 Å². The fourth-order valence-electron chi connectivity index (χ4n) is 3.02. The second kappa shape index (κ2) is 11.5. The van der Waals surface area contributed by atoms with Crippen LogP contribution in [0.4, 0.5) is 5.69 Å². The highest BCUT2D eigenvalue weighted by atomic mass is 16.6. The normalized spacial score (nSPS) is 11.3. The van der Waals surface area contributed by atoms with Crippen molar-refractivity contribution in [2.24, 2.45) is 0 Å². The summed E-state index contributed by atoms with van der Waals surface area (Å²) in [6.45, 7) is 3.96. The van der Waals surface area contributed by atoms with E-state index < -0.39 is 11.0 Å².